The van der Waals surface area contributed by atoms with Crippen molar-refractivity contribution in [2.75, 3.05) is 27.2 Å². The van der Waals surface area contributed by atoms with E-state index in [-0.39, 0.29) is 0 Å². The van der Waals surface area contributed by atoms with E-state index in [1.807, 2.05) is 26.2 Å². The van der Waals surface area contributed by atoms with Crippen LogP contribution in [0, 0.1) is 6.42 Å². The summed E-state index contributed by atoms with van der Waals surface area (Å²) in [7, 11) is 4.03. The average molecular weight is 233 g/mol. The number of phenols is 1. The SMILES string of the molecule is CN(C)Cc1cc(CN2C[CH]CC2)ccc1O. The number of rotatable bonds is 4. The molecule has 2 rings (SSSR count). The van der Waals surface area contributed by atoms with Gasteiger partial charge in [0, 0.05) is 25.2 Å². The fourth-order valence-corrected chi connectivity index (χ4v) is 2.25. The Balaban J connectivity index is 2.06. The van der Waals surface area contributed by atoms with E-state index >= 15 is 0 Å². The molecular formula is C14H21N2O. The van der Waals surface area contributed by atoms with Crippen LogP contribution in [0.2, 0.25) is 0 Å². The lowest BCUT2D eigenvalue weighted by Crippen LogP contribution is -2.18. The van der Waals surface area contributed by atoms with Crippen LogP contribution in [0.5, 0.6) is 5.75 Å². The van der Waals surface area contributed by atoms with Gasteiger partial charge in [0.2, 0.25) is 0 Å². The molecule has 1 heterocycles. The fraction of sp³-hybridized carbons (Fsp3) is 0.500. The van der Waals surface area contributed by atoms with Gasteiger partial charge in [-0.05, 0) is 51.2 Å². The highest BCUT2D eigenvalue weighted by Gasteiger charge is 2.13. The molecule has 0 spiro atoms. The van der Waals surface area contributed by atoms with E-state index in [0.717, 1.165) is 31.7 Å². The molecule has 0 aliphatic carbocycles. The molecule has 93 valence electrons. The van der Waals surface area contributed by atoms with E-state index in [1.165, 1.54) is 12.0 Å². The zero-order chi connectivity index (χ0) is 12.3. The monoisotopic (exact) mass is 233 g/mol. The minimum Gasteiger partial charge on any atom is -0.508 e. The minimum absolute atomic E-state index is 0.399. The number of benzene rings is 1. The number of phenolic OH excluding ortho intramolecular Hbond substituents is 1. The molecule has 3 heteroatoms. The van der Waals surface area contributed by atoms with Gasteiger partial charge < -0.3 is 10.0 Å². The summed E-state index contributed by atoms with van der Waals surface area (Å²) in [6.07, 6.45) is 3.52. The first-order valence-corrected chi connectivity index (χ1v) is 6.14. The lowest BCUT2D eigenvalue weighted by molar-refractivity contribution is 0.335. The van der Waals surface area contributed by atoms with Gasteiger partial charge in [0.15, 0.2) is 0 Å². The van der Waals surface area contributed by atoms with E-state index in [0.29, 0.717) is 5.75 Å². The molecule has 1 saturated heterocycles. The summed E-state index contributed by atoms with van der Waals surface area (Å²) in [4.78, 5) is 4.49. The smallest absolute Gasteiger partial charge is 0.120 e. The highest BCUT2D eigenvalue weighted by Crippen LogP contribution is 2.21. The molecule has 1 aromatic carbocycles. The number of nitrogens with zero attached hydrogens (tertiary/aromatic N) is 2. The van der Waals surface area contributed by atoms with Gasteiger partial charge in [-0.1, -0.05) is 6.07 Å². The molecule has 0 bridgehead atoms. The second-order valence-electron chi connectivity index (χ2n) is 5.01. The Labute approximate surface area is 104 Å². The Bertz CT molecular complexity index is 370. The van der Waals surface area contributed by atoms with Crippen molar-refractivity contribution in [3.63, 3.8) is 0 Å². The highest BCUT2D eigenvalue weighted by atomic mass is 16.3. The maximum Gasteiger partial charge on any atom is 0.120 e. The van der Waals surface area contributed by atoms with Crippen molar-refractivity contribution < 1.29 is 5.11 Å². The predicted octanol–water partition coefficient (Wildman–Crippen LogP) is 1.86. The molecule has 1 aromatic rings. The maximum absolute atomic E-state index is 9.80. The van der Waals surface area contributed by atoms with Crippen LogP contribution >= 0.6 is 0 Å². The normalized spacial score (nSPS) is 16.9. The van der Waals surface area contributed by atoms with Crippen LogP contribution in [-0.4, -0.2) is 42.1 Å². The lowest BCUT2D eigenvalue weighted by atomic mass is 10.1. The first-order valence-electron chi connectivity index (χ1n) is 6.14. The van der Waals surface area contributed by atoms with Crippen molar-refractivity contribution in [2.45, 2.75) is 19.5 Å². The van der Waals surface area contributed by atoms with E-state index in [2.05, 4.69) is 22.3 Å². The standard InChI is InChI=1S/C14H21N2O/c1-15(2)11-13-9-12(5-6-14(13)17)10-16-7-3-4-8-16/h3,5-6,9,17H,4,7-8,10-11H2,1-2H3. The Kier molecular flexibility index (Phi) is 4.02. The highest BCUT2D eigenvalue weighted by molar-refractivity contribution is 5.36. The quantitative estimate of drug-likeness (QED) is 0.860. The molecular weight excluding hydrogens is 212 g/mol. The van der Waals surface area contributed by atoms with Crippen molar-refractivity contribution in [1.29, 1.82) is 0 Å². The predicted molar refractivity (Wildman–Crippen MR) is 69.7 cm³/mol. The van der Waals surface area contributed by atoms with Crippen LogP contribution in [0.1, 0.15) is 17.5 Å². The zero-order valence-electron chi connectivity index (χ0n) is 10.7. The maximum atomic E-state index is 9.80. The van der Waals surface area contributed by atoms with Gasteiger partial charge in [0.05, 0.1) is 0 Å². The Hall–Kier alpha value is -1.06. The molecule has 1 fully saturated rings. The van der Waals surface area contributed by atoms with Gasteiger partial charge in [-0.25, -0.2) is 0 Å². The van der Waals surface area contributed by atoms with Gasteiger partial charge in [0.25, 0.3) is 0 Å². The van der Waals surface area contributed by atoms with Gasteiger partial charge >= 0.3 is 0 Å². The summed E-state index contributed by atoms with van der Waals surface area (Å²) >= 11 is 0. The Morgan fingerprint density at radius 1 is 1.35 bits per heavy atom. The number of aromatic hydroxyl groups is 1. The van der Waals surface area contributed by atoms with Crippen molar-refractivity contribution >= 4 is 0 Å². The third-order valence-electron chi connectivity index (χ3n) is 3.07. The van der Waals surface area contributed by atoms with Crippen molar-refractivity contribution in [3.8, 4) is 5.75 Å². The van der Waals surface area contributed by atoms with E-state index in [9.17, 15) is 5.11 Å². The molecule has 1 aliphatic heterocycles. The summed E-state index contributed by atoms with van der Waals surface area (Å²) in [6, 6.07) is 5.95. The summed E-state index contributed by atoms with van der Waals surface area (Å²) in [6.45, 7) is 4.01. The van der Waals surface area contributed by atoms with Crippen LogP contribution < -0.4 is 0 Å². The molecule has 0 saturated carbocycles. The van der Waals surface area contributed by atoms with Crippen molar-refractivity contribution in [3.05, 3.63) is 35.7 Å². The van der Waals surface area contributed by atoms with Crippen LogP contribution in [0.4, 0.5) is 0 Å². The molecule has 0 unspecified atom stereocenters. The molecule has 1 radical (unpaired) electrons. The molecule has 0 atom stereocenters. The fourth-order valence-electron chi connectivity index (χ4n) is 2.25. The van der Waals surface area contributed by atoms with Crippen LogP contribution in [-0.2, 0) is 13.1 Å². The van der Waals surface area contributed by atoms with Gasteiger partial charge in [-0.2, -0.15) is 0 Å². The molecule has 1 N–H and O–H groups in total. The molecule has 3 nitrogen and oxygen atoms in total. The first kappa shape index (κ1) is 12.4. The van der Waals surface area contributed by atoms with Crippen LogP contribution in [0.25, 0.3) is 0 Å². The summed E-state index contributed by atoms with van der Waals surface area (Å²) in [5.41, 5.74) is 2.30. The Morgan fingerprint density at radius 2 is 2.18 bits per heavy atom. The topological polar surface area (TPSA) is 26.7 Å². The molecule has 17 heavy (non-hydrogen) atoms. The third-order valence-corrected chi connectivity index (χ3v) is 3.07. The number of hydrogen-bond acceptors (Lipinski definition) is 3. The molecule has 0 aromatic heterocycles. The average Bonchev–Trinajstić information content (AvgIpc) is 2.75. The van der Waals surface area contributed by atoms with Crippen molar-refractivity contribution in [2.24, 2.45) is 0 Å². The summed E-state index contributed by atoms with van der Waals surface area (Å²) in [5, 5.41) is 9.80. The lowest BCUT2D eigenvalue weighted by Gasteiger charge is -2.17. The zero-order valence-corrected chi connectivity index (χ0v) is 10.7. The second kappa shape index (κ2) is 5.52. The third kappa shape index (κ3) is 3.45. The summed E-state index contributed by atoms with van der Waals surface area (Å²) in [5.74, 6) is 0.399. The number of likely N-dealkylation sites (tertiary alicyclic amines) is 1. The van der Waals surface area contributed by atoms with E-state index < -0.39 is 0 Å². The molecule has 1 aliphatic rings. The van der Waals surface area contributed by atoms with Crippen LogP contribution in [0.3, 0.4) is 0 Å². The largest absolute Gasteiger partial charge is 0.508 e. The van der Waals surface area contributed by atoms with E-state index in [4.69, 9.17) is 0 Å². The second-order valence-corrected chi connectivity index (χ2v) is 5.01. The summed E-state index contributed by atoms with van der Waals surface area (Å²) < 4.78 is 0. The number of hydrogen-bond donors (Lipinski definition) is 1. The minimum atomic E-state index is 0.399. The first-order chi connectivity index (χ1) is 8.15. The van der Waals surface area contributed by atoms with E-state index in [1.54, 1.807) is 0 Å². The Morgan fingerprint density at radius 3 is 2.82 bits per heavy atom. The van der Waals surface area contributed by atoms with Crippen LogP contribution in [0.15, 0.2) is 18.2 Å². The van der Waals surface area contributed by atoms with Crippen molar-refractivity contribution in [1.82, 2.24) is 9.80 Å². The van der Waals surface area contributed by atoms with Gasteiger partial charge in [0.1, 0.15) is 5.75 Å². The molecule has 0 amide bonds. The van der Waals surface area contributed by atoms with Gasteiger partial charge in [-0.3, -0.25) is 4.90 Å². The van der Waals surface area contributed by atoms with Gasteiger partial charge in [-0.15, -0.1) is 0 Å².